The molecule has 7 nitrogen and oxygen atoms in total. The van der Waals surface area contributed by atoms with Crippen molar-refractivity contribution in [1.82, 2.24) is 19.8 Å². The molecule has 0 radical (unpaired) electrons. The van der Waals surface area contributed by atoms with Gasteiger partial charge in [0.2, 0.25) is 5.95 Å². The van der Waals surface area contributed by atoms with Gasteiger partial charge in [0.05, 0.1) is 11.1 Å². The number of alkyl halides is 3. The minimum atomic E-state index is -4.54. The predicted octanol–water partition coefficient (Wildman–Crippen LogP) is 7.37. The van der Waals surface area contributed by atoms with Gasteiger partial charge >= 0.3 is 6.18 Å². The molecule has 10 heteroatoms. The fourth-order valence-corrected chi connectivity index (χ4v) is 5.49. The molecule has 0 saturated carbocycles. The molecule has 1 saturated heterocycles. The molecule has 1 fully saturated rings. The summed E-state index contributed by atoms with van der Waals surface area (Å²) in [6, 6.07) is 24.7. The molecule has 0 atom stereocenters. The van der Waals surface area contributed by atoms with Crippen molar-refractivity contribution in [3.05, 3.63) is 113 Å². The summed E-state index contributed by atoms with van der Waals surface area (Å²) >= 11 is 0. The van der Waals surface area contributed by atoms with E-state index < -0.39 is 17.6 Å². The largest absolute Gasteiger partial charge is 0.416 e. The number of benzene rings is 4. The van der Waals surface area contributed by atoms with Gasteiger partial charge in [-0.2, -0.15) is 13.2 Å². The third-order valence-electron chi connectivity index (χ3n) is 8.08. The summed E-state index contributed by atoms with van der Waals surface area (Å²) in [5.74, 6) is -0.00529. The van der Waals surface area contributed by atoms with Crippen LogP contribution in [0.4, 0.5) is 30.5 Å². The van der Waals surface area contributed by atoms with E-state index in [1.165, 1.54) is 12.1 Å². The van der Waals surface area contributed by atoms with E-state index >= 15 is 0 Å². The number of nitrogens with one attached hydrogen (secondary N) is 2. The maximum absolute atomic E-state index is 14.1. The maximum atomic E-state index is 14.1. The number of aryl methyl sites for hydroxylation is 1. The number of anilines is 3. The molecule has 0 bridgehead atoms. The molecule has 0 spiro atoms. The number of hydrogen-bond donors (Lipinski definition) is 2. The van der Waals surface area contributed by atoms with Crippen LogP contribution in [0.5, 0.6) is 0 Å². The topological polar surface area (TPSA) is 73.4 Å². The lowest BCUT2D eigenvalue weighted by molar-refractivity contribution is -0.138. The van der Waals surface area contributed by atoms with Crippen molar-refractivity contribution in [1.29, 1.82) is 0 Å². The molecule has 45 heavy (non-hydrogen) atoms. The summed E-state index contributed by atoms with van der Waals surface area (Å²) < 4.78 is 42.2. The van der Waals surface area contributed by atoms with Crippen LogP contribution in [-0.4, -0.2) is 58.9 Å². The highest BCUT2D eigenvalue weighted by molar-refractivity contribution is 6.05. The average molecular weight is 611 g/mol. The normalized spacial score (nSPS) is 14.4. The van der Waals surface area contributed by atoms with E-state index in [1.807, 2.05) is 73.5 Å². The fraction of sp³-hybridized carbons (Fsp3) is 0.229. The molecule has 1 aromatic heterocycles. The fourth-order valence-electron chi connectivity index (χ4n) is 5.49. The van der Waals surface area contributed by atoms with Crippen LogP contribution in [0.15, 0.2) is 91.1 Å². The van der Waals surface area contributed by atoms with E-state index in [1.54, 1.807) is 18.3 Å². The third kappa shape index (κ3) is 7.13. The van der Waals surface area contributed by atoms with Crippen molar-refractivity contribution < 1.29 is 18.0 Å². The molecule has 1 aliphatic heterocycles. The Bertz CT molecular complexity index is 1840. The molecule has 5 aromatic rings. The average Bonchev–Trinajstić information content (AvgIpc) is 3.03. The minimum absolute atomic E-state index is 0.0966. The molecule has 2 N–H and O–H groups in total. The number of likely N-dealkylation sites (N-methyl/N-ethyl adjacent to an activating group) is 1. The maximum Gasteiger partial charge on any atom is 0.416 e. The first-order chi connectivity index (χ1) is 21.6. The first kappa shape index (κ1) is 30.2. The van der Waals surface area contributed by atoms with Crippen molar-refractivity contribution >= 4 is 34.1 Å². The Morgan fingerprint density at radius 1 is 0.889 bits per heavy atom. The molecule has 1 amide bonds. The van der Waals surface area contributed by atoms with Gasteiger partial charge in [0.25, 0.3) is 5.91 Å². The Labute approximate surface area is 259 Å². The molecular weight excluding hydrogens is 577 g/mol. The monoisotopic (exact) mass is 610 g/mol. The SMILES string of the molecule is Cc1ccc(C(=O)Nc2ccc(CN3CCN(C)CC3)c(C(F)(F)F)c2)cc1-c1ccc2nc(Nc3ccccc3)ncc2c1. The number of amides is 1. The molecular formula is C35H33F3N6O. The second-order valence-electron chi connectivity index (χ2n) is 11.4. The number of para-hydroxylation sites is 1. The molecule has 4 aromatic carbocycles. The third-order valence-corrected chi connectivity index (χ3v) is 8.08. The van der Waals surface area contributed by atoms with Gasteiger partial charge in [0, 0.05) is 61.2 Å². The van der Waals surface area contributed by atoms with Crippen LogP contribution in [0.25, 0.3) is 22.0 Å². The molecule has 0 unspecified atom stereocenters. The number of hydrogen-bond acceptors (Lipinski definition) is 6. The highest BCUT2D eigenvalue weighted by Gasteiger charge is 2.34. The van der Waals surface area contributed by atoms with E-state index in [0.29, 0.717) is 24.6 Å². The van der Waals surface area contributed by atoms with Gasteiger partial charge in [-0.1, -0.05) is 36.4 Å². The standard InChI is InChI=1S/C35H33F3N6O/c1-23-8-9-25(19-30(23)24-11-13-32-27(18-24)21-39-34(42-32)41-28-6-4-3-5-7-28)33(45)40-29-12-10-26(31(20-29)35(36,37)38)22-44-16-14-43(2)15-17-44/h3-13,18-21H,14-17,22H2,1-2H3,(H,40,45)(H,39,41,42). The van der Waals surface area contributed by atoms with Gasteiger partial charge in [0.1, 0.15) is 0 Å². The Kier molecular flexibility index (Phi) is 8.51. The van der Waals surface area contributed by atoms with Crippen LogP contribution < -0.4 is 10.6 Å². The highest BCUT2D eigenvalue weighted by atomic mass is 19.4. The molecule has 6 rings (SSSR count). The number of piperazine rings is 1. The lowest BCUT2D eigenvalue weighted by atomic mass is 9.96. The van der Waals surface area contributed by atoms with Gasteiger partial charge in [0.15, 0.2) is 0 Å². The van der Waals surface area contributed by atoms with Crippen molar-refractivity contribution in [2.45, 2.75) is 19.6 Å². The smallest absolute Gasteiger partial charge is 0.324 e. The van der Waals surface area contributed by atoms with Gasteiger partial charge in [-0.05, 0) is 84.8 Å². The predicted molar refractivity (Wildman–Crippen MR) is 172 cm³/mol. The van der Waals surface area contributed by atoms with Crippen LogP contribution >= 0.6 is 0 Å². The first-order valence-corrected chi connectivity index (χ1v) is 14.7. The molecule has 230 valence electrons. The van der Waals surface area contributed by atoms with Gasteiger partial charge in [-0.3, -0.25) is 9.69 Å². The van der Waals surface area contributed by atoms with Crippen LogP contribution in [0.2, 0.25) is 0 Å². The Hall–Kier alpha value is -4.80. The van der Waals surface area contributed by atoms with Crippen LogP contribution in [-0.2, 0) is 12.7 Å². The van der Waals surface area contributed by atoms with E-state index in [-0.39, 0.29) is 17.8 Å². The van der Waals surface area contributed by atoms with E-state index in [0.717, 1.165) is 52.4 Å². The van der Waals surface area contributed by atoms with Crippen molar-refractivity contribution in [3.63, 3.8) is 0 Å². The lowest BCUT2D eigenvalue weighted by Crippen LogP contribution is -2.44. The Balaban J connectivity index is 1.21. The summed E-state index contributed by atoms with van der Waals surface area (Å²) in [5.41, 5.74) is 4.19. The van der Waals surface area contributed by atoms with Crippen molar-refractivity contribution in [2.24, 2.45) is 0 Å². The molecule has 0 aliphatic carbocycles. The van der Waals surface area contributed by atoms with E-state index in [4.69, 9.17) is 0 Å². The summed E-state index contributed by atoms with van der Waals surface area (Å²) in [6.45, 7) is 5.19. The molecule has 1 aliphatic rings. The lowest BCUT2D eigenvalue weighted by Gasteiger charge is -2.33. The number of carbonyl (C=O) groups is 1. The van der Waals surface area contributed by atoms with E-state index in [9.17, 15) is 18.0 Å². The minimum Gasteiger partial charge on any atom is -0.324 e. The van der Waals surface area contributed by atoms with E-state index in [2.05, 4.69) is 25.5 Å². The van der Waals surface area contributed by atoms with Gasteiger partial charge < -0.3 is 15.5 Å². The number of nitrogens with zero attached hydrogens (tertiary/aromatic N) is 4. The zero-order chi connectivity index (χ0) is 31.6. The second-order valence-corrected chi connectivity index (χ2v) is 11.4. The Morgan fingerprint density at radius 3 is 2.42 bits per heavy atom. The zero-order valence-corrected chi connectivity index (χ0v) is 25.0. The van der Waals surface area contributed by atoms with Gasteiger partial charge in [-0.15, -0.1) is 0 Å². The molecule has 2 heterocycles. The second kappa shape index (κ2) is 12.7. The summed E-state index contributed by atoms with van der Waals surface area (Å²) in [6.07, 6.45) is -2.80. The number of aromatic nitrogens is 2. The quantitative estimate of drug-likeness (QED) is 0.201. The summed E-state index contributed by atoms with van der Waals surface area (Å²) in [4.78, 5) is 26.5. The van der Waals surface area contributed by atoms with Crippen LogP contribution in [0.1, 0.15) is 27.0 Å². The number of rotatable bonds is 7. The number of fused-ring (bicyclic) bond motifs is 1. The van der Waals surface area contributed by atoms with Crippen LogP contribution in [0, 0.1) is 6.92 Å². The van der Waals surface area contributed by atoms with Gasteiger partial charge in [-0.25, -0.2) is 9.97 Å². The van der Waals surface area contributed by atoms with Crippen LogP contribution in [0.3, 0.4) is 0 Å². The highest BCUT2D eigenvalue weighted by Crippen LogP contribution is 2.35. The Morgan fingerprint density at radius 2 is 1.67 bits per heavy atom. The summed E-state index contributed by atoms with van der Waals surface area (Å²) in [5, 5.41) is 6.70. The van der Waals surface area contributed by atoms with Crippen molar-refractivity contribution in [2.75, 3.05) is 43.9 Å². The number of halogens is 3. The summed E-state index contributed by atoms with van der Waals surface area (Å²) in [7, 11) is 2.00. The van der Waals surface area contributed by atoms with Crippen molar-refractivity contribution in [3.8, 4) is 11.1 Å². The first-order valence-electron chi connectivity index (χ1n) is 14.7. The zero-order valence-electron chi connectivity index (χ0n) is 25.0. The number of carbonyl (C=O) groups excluding carboxylic acids is 1.